The van der Waals surface area contributed by atoms with Crippen molar-refractivity contribution in [1.82, 2.24) is 10.0 Å². The molecule has 0 atom stereocenters. The van der Waals surface area contributed by atoms with E-state index in [1.807, 2.05) is 88.1 Å². The summed E-state index contributed by atoms with van der Waals surface area (Å²) in [4.78, 5) is 5.94. The fourth-order valence-corrected chi connectivity index (χ4v) is 7.45. The number of sulfone groups is 1. The lowest BCUT2D eigenvalue weighted by Crippen LogP contribution is -2.63. The Hall–Kier alpha value is -1.13. The lowest BCUT2D eigenvalue weighted by molar-refractivity contribution is -0.382. The molecule has 27 heteroatoms. The van der Waals surface area contributed by atoms with Crippen LogP contribution in [-0.4, -0.2) is 123 Å². The van der Waals surface area contributed by atoms with Gasteiger partial charge in [-0.15, -0.1) is 0 Å². The van der Waals surface area contributed by atoms with Crippen molar-refractivity contribution in [1.29, 1.82) is 0 Å². The van der Waals surface area contributed by atoms with Gasteiger partial charge in [0, 0.05) is 49.1 Å². The van der Waals surface area contributed by atoms with Crippen LogP contribution in [-0.2, 0) is 37.8 Å². The first-order valence-corrected chi connectivity index (χ1v) is 22.8. The largest absolute Gasteiger partial charge is 0.490 e. The smallest absolute Gasteiger partial charge is 0.405 e. The normalized spacial score (nSPS) is 23.4. The molecule has 0 bridgehead atoms. The highest BCUT2D eigenvalue weighted by molar-refractivity contribution is 7.96. The number of hydrogen-bond donors (Lipinski definition) is 0. The Morgan fingerprint density at radius 2 is 0.862 bits per heavy atom. The van der Waals surface area contributed by atoms with Gasteiger partial charge in [0.25, 0.3) is 0 Å². The van der Waals surface area contributed by atoms with E-state index < -0.39 is 65.0 Å². The van der Waals surface area contributed by atoms with Crippen LogP contribution in [0.4, 0.5) is 39.5 Å². The second-order valence-electron chi connectivity index (χ2n) is 17.5. The Morgan fingerprint density at radius 1 is 0.554 bits per heavy atom. The van der Waals surface area contributed by atoms with E-state index in [1.54, 1.807) is 0 Å². The maximum Gasteiger partial charge on any atom is 0.490 e. The van der Waals surface area contributed by atoms with E-state index in [0.717, 1.165) is 24.5 Å². The third-order valence-corrected chi connectivity index (χ3v) is 14.3. The van der Waals surface area contributed by atoms with Gasteiger partial charge < -0.3 is 27.9 Å². The average molecular weight is 1010 g/mol. The van der Waals surface area contributed by atoms with Crippen molar-refractivity contribution in [2.75, 3.05) is 26.2 Å². The molecule has 65 heavy (non-hydrogen) atoms. The Balaban J connectivity index is 0. The van der Waals surface area contributed by atoms with Crippen molar-refractivity contribution in [3.8, 4) is 0 Å². The van der Waals surface area contributed by atoms with E-state index in [-0.39, 0.29) is 62.1 Å². The molecule has 3 fully saturated rings. The molecule has 5 heterocycles. The first-order valence-electron chi connectivity index (χ1n) is 20.4. The predicted octanol–water partition coefficient (Wildman–Crippen LogP) is 11.7. The van der Waals surface area contributed by atoms with Gasteiger partial charge in [0.05, 0.1) is 33.6 Å². The lowest BCUT2D eigenvalue weighted by atomic mass is 9.49. The quantitative estimate of drug-likeness (QED) is 0.132. The van der Waals surface area contributed by atoms with Crippen LogP contribution in [0.1, 0.15) is 138 Å². The third-order valence-electron chi connectivity index (χ3n) is 11.8. The summed E-state index contributed by atoms with van der Waals surface area (Å²) in [5.41, 5.74) is -0.717. The molecule has 0 N–H and O–H groups in total. The van der Waals surface area contributed by atoms with Crippen molar-refractivity contribution < 1.29 is 75.9 Å². The van der Waals surface area contributed by atoms with Crippen molar-refractivity contribution in [3.05, 3.63) is 22.5 Å². The van der Waals surface area contributed by atoms with Gasteiger partial charge in [0.1, 0.15) is 0 Å². The van der Waals surface area contributed by atoms with Crippen LogP contribution in [0.3, 0.4) is 0 Å². The molecule has 0 aromatic carbocycles. The second-order valence-corrected chi connectivity index (χ2v) is 19.9. The molecule has 0 aliphatic carbocycles. The van der Waals surface area contributed by atoms with Gasteiger partial charge in [-0.05, 0) is 101 Å². The Kier molecular flexibility index (Phi) is 23.5. The molecular formula is C38H72B3F9N4O8P2S. The molecule has 0 aromatic rings. The van der Waals surface area contributed by atoms with Crippen molar-refractivity contribution in [3.63, 3.8) is 0 Å². The lowest BCUT2D eigenvalue weighted by Gasteiger charge is -2.34. The molecule has 5 aliphatic heterocycles. The molecule has 0 saturated carbocycles. The number of rotatable bonds is 8. The van der Waals surface area contributed by atoms with Gasteiger partial charge >= 0.3 is 44.4 Å². The molecule has 5 aliphatic rings. The minimum Gasteiger partial charge on any atom is -0.405 e. The van der Waals surface area contributed by atoms with Crippen LogP contribution in [0.5, 0.6) is 0 Å². The number of hydrogen-bond acceptors (Lipinski definition) is 10. The summed E-state index contributed by atoms with van der Waals surface area (Å²) in [6.45, 7) is 33.4. The van der Waals surface area contributed by atoms with E-state index in [0.29, 0.717) is 6.08 Å². The fraction of sp³-hybridized carbons (Fsp3) is 0.895. The number of nitrogens with zero attached hydrogens (tertiary/aromatic N) is 4. The minimum atomic E-state index is -7.26. The van der Waals surface area contributed by atoms with E-state index in [4.69, 9.17) is 27.9 Å². The highest BCUT2D eigenvalue weighted by atomic mass is 32.2. The predicted molar refractivity (Wildman–Crippen MR) is 244 cm³/mol. The average Bonchev–Trinajstić information content (AvgIpc) is 3.65. The topological polar surface area (TPSA) is 121 Å². The maximum atomic E-state index is 13.6. The summed E-state index contributed by atoms with van der Waals surface area (Å²) in [6.07, 6.45) is -4.36. The Labute approximate surface area is 387 Å². The molecule has 3 saturated heterocycles. The van der Waals surface area contributed by atoms with Crippen LogP contribution in [0.15, 0.2) is 32.2 Å². The van der Waals surface area contributed by atoms with E-state index in [9.17, 15) is 47.9 Å². The highest BCUT2D eigenvalue weighted by Gasteiger charge is 2.85. The summed E-state index contributed by atoms with van der Waals surface area (Å²) in [7, 11) is -1.84. The molecule has 0 amide bonds. The zero-order valence-electron chi connectivity index (χ0n) is 39.0. The van der Waals surface area contributed by atoms with Crippen molar-refractivity contribution in [2.45, 2.75) is 195 Å². The monoisotopic (exact) mass is 1010 g/mol. The van der Waals surface area contributed by atoms with Gasteiger partial charge in [-0.25, -0.2) is 8.42 Å². The van der Waals surface area contributed by atoms with Crippen LogP contribution in [0.25, 0.3) is 0 Å². The molecule has 380 valence electrons. The summed E-state index contributed by atoms with van der Waals surface area (Å²) in [6, 6.07) is 0. The van der Waals surface area contributed by atoms with Gasteiger partial charge in [-0.1, -0.05) is 54.7 Å². The van der Waals surface area contributed by atoms with Gasteiger partial charge in [-0.3, -0.25) is 0 Å². The van der Waals surface area contributed by atoms with Crippen molar-refractivity contribution >= 4 is 49.0 Å². The van der Waals surface area contributed by atoms with E-state index in [1.165, 1.54) is 5.47 Å². The van der Waals surface area contributed by atoms with Crippen molar-refractivity contribution in [2.24, 2.45) is 9.71 Å². The molecule has 0 aromatic heterocycles. The first-order chi connectivity index (χ1) is 28.3. The summed E-state index contributed by atoms with van der Waals surface area (Å²) in [5.74, 6) is -14.5. The highest BCUT2D eigenvalue weighted by Crippen LogP contribution is 2.56. The van der Waals surface area contributed by atoms with E-state index in [2.05, 4.69) is 61.5 Å². The molecule has 12 nitrogen and oxygen atoms in total. The standard InChI is InChI=1S/C12H24B2O4.C11H20BN2O2P.C9H8F9N2O2PS.2C2H6.2CH4/c1-9(2)10(3,4)16-13(15-9)14-17-11(5,6)12(7,8)18-14;1-10(2)11(3,4)16-12(15-10)9-5-7-14(13-17)8-6-9;10-6(11,8(14,15)16)7(12,13)9(17,18)24(21,22)5-1-3-20(19-23)4-2-5;2*1-2;;/h1-8H3;5,17H,6-8H2,1-4H3;1,23H,2-4H2;2*1-2H3;2*1H4. The minimum absolute atomic E-state index is 0. The van der Waals surface area contributed by atoms with Gasteiger partial charge in [0.2, 0.25) is 9.84 Å². The molecule has 0 radical (unpaired) electrons. The van der Waals surface area contributed by atoms with Crippen LogP contribution in [0.2, 0.25) is 0 Å². The summed E-state index contributed by atoms with van der Waals surface area (Å²) >= 11 is 0. The zero-order valence-corrected chi connectivity index (χ0v) is 41.8. The Bertz CT molecular complexity index is 1680. The van der Waals surface area contributed by atoms with Crippen LogP contribution < -0.4 is 0 Å². The van der Waals surface area contributed by atoms with Crippen LogP contribution in [0, 0.1) is 0 Å². The molecule has 5 rings (SSSR count). The molecule has 0 spiro atoms. The van der Waals surface area contributed by atoms with Gasteiger partial charge in [0.15, 0.2) is 0 Å². The Morgan fingerprint density at radius 3 is 1.12 bits per heavy atom. The fourth-order valence-electron chi connectivity index (χ4n) is 5.64. The number of alkyl halides is 9. The van der Waals surface area contributed by atoms with Crippen LogP contribution >= 0.6 is 18.1 Å². The second kappa shape index (κ2) is 23.2. The summed E-state index contributed by atoms with van der Waals surface area (Å²) in [5, 5.41) is -3.67. The van der Waals surface area contributed by atoms with Gasteiger partial charge in [-0.2, -0.15) is 59.2 Å². The molecule has 0 unspecified atom stereocenters. The third kappa shape index (κ3) is 13.8. The summed E-state index contributed by atoms with van der Waals surface area (Å²) < 4.78 is 174. The maximum absolute atomic E-state index is 13.6. The van der Waals surface area contributed by atoms with E-state index >= 15 is 0 Å². The first kappa shape index (κ1) is 66.0. The molecular weight excluding hydrogens is 938 g/mol. The number of halogens is 9. The SMILES string of the molecule is C.C.CC.CC.CC1(C)OB(B2OC(C)(C)C(C)(C)O2)OC1(C)C.CC1(C)OB(C2=CCN(N=P)CC2)OC1(C)C.O=S(=O)(C1=CCN(N=P)CC1)C(F)(F)C(F)(F)C(F)(F)C(F)(F)F. The zero-order chi connectivity index (χ0) is 49.9.